The second-order valence-corrected chi connectivity index (χ2v) is 11.9. The van der Waals surface area contributed by atoms with Crippen molar-refractivity contribution in [2.24, 2.45) is 0 Å². The third kappa shape index (κ3) is 5.84. The number of benzene rings is 2. The summed E-state index contributed by atoms with van der Waals surface area (Å²) in [5.41, 5.74) is 7.17. The minimum absolute atomic E-state index is 0.0438. The van der Waals surface area contributed by atoms with Crippen molar-refractivity contribution in [2.45, 2.75) is 58.5 Å². The van der Waals surface area contributed by atoms with E-state index in [-0.39, 0.29) is 18.0 Å². The summed E-state index contributed by atoms with van der Waals surface area (Å²) in [5.74, 6) is 0.0863. The van der Waals surface area contributed by atoms with E-state index in [1.54, 1.807) is 26.0 Å². The number of carbonyl (C=O) groups is 2. The van der Waals surface area contributed by atoms with Crippen molar-refractivity contribution in [1.82, 2.24) is 14.8 Å². The fourth-order valence-electron chi connectivity index (χ4n) is 6.00. The molecule has 2 heterocycles. The van der Waals surface area contributed by atoms with Crippen LogP contribution in [0.1, 0.15) is 56.2 Å². The van der Waals surface area contributed by atoms with Crippen molar-refractivity contribution < 1.29 is 19.4 Å². The Labute approximate surface area is 264 Å². The van der Waals surface area contributed by atoms with E-state index >= 15 is 0 Å². The molecule has 2 unspecified atom stereocenters. The van der Waals surface area contributed by atoms with Crippen LogP contribution < -0.4 is 10.1 Å². The van der Waals surface area contributed by atoms with Gasteiger partial charge in [0, 0.05) is 42.2 Å². The Balaban J connectivity index is 1.56. The number of aliphatic hydroxyl groups excluding tert-OH is 1. The second-order valence-electron chi connectivity index (χ2n) is 11.5. The van der Waals surface area contributed by atoms with Crippen molar-refractivity contribution in [3.63, 3.8) is 0 Å². The number of anilines is 1. The summed E-state index contributed by atoms with van der Waals surface area (Å²) < 4.78 is 5.64. The molecule has 0 spiro atoms. The number of carbonyl (C=O) groups excluding carboxylic acids is 2. The topological polar surface area (TPSA) is 95.0 Å². The molecule has 5 rings (SSSR count). The number of pyridine rings is 1. The van der Waals surface area contributed by atoms with Gasteiger partial charge in [0.1, 0.15) is 11.4 Å². The van der Waals surface area contributed by atoms with E-state index in [2.05, 4.69) is 31.8 Å². The quantitative estimate of drug-likeness (QED) is 0.266. The molecule has 3 aromatic rings. The van der Waals surface area contributed by atoms with Gasteiger partial charge in [-0.1, -0.05) is 62.4 Å². The molecule has 2 amide bonds. The van der Waals surface area contributed by atoms with Gasteiger partial charge in [-0.05, 0) is 67.3 Å². The van der Waals surface area contributed by atoms with Crippen molar-refractivity contribution in [1.29, 1.82) is 0 Å². The Morgan fingerprint density at radius 1 is 1.16 bits per heavy atom. The lowest BCUT2D eigenvalue weighted by Gasteiger charge is -2.35. The monoisotopic (exact) mass is 614 g/mol. The lowest BCUT2D eigenvalue weighted by molar-refractivity contribution is -0.128. The maximum absolute atomic E-state index is 13.6. The summed E-state index contributed by atoms with van der Waals surface area (Å²) in [5, 5.41) is 13.5. The Morgan fingerprint density at radius 3 is 2.57 bits per heavy atom. The highest BCUT2D eigenvalue weighted by molar-refractivity contribution is 6.36. The SMILES string of the molecule is C=C1N(CC(C)O)C=C(C(=O)Nc2cccc(-c3cccc(-c4cc5c(c(OC)n4)CCC5)c3Cl)c2C(C)CC)C(=O)N1C. The summed E-state index contributed by atoms with van der Waals surface area (Å²) in [7, 11) is 3.21. The van der Waals surface area contributed by atoms with Crippen molar-refractivity contribution in [3.8, 4) is 28.3 Å². The summed E-state index contributed by atoms with van der Waals surface area (Å²) in [6, 6.07) is 13.8. The molecular formula is C35H39ClN4O4. The van der Waals surface area contributed by atoms with Crippen molar-refractivity contribution in [3.05, 3.63) is 88.4 Å². The van der Waals surface area contributed by atoms with Crippen LogP contribution in [0.25, 0.3) is 22.4 Å². The van der Waals surface area contributed by atoms with E-state index in [9.17, 15) is 14.7 Å². The summed E-state index contributed by atoms with van der Waals surface area (Å²) >= 11 is 7.17. The number of aromatic nitrogens is 1. The first-order valence-corrected chi connectivity index (χ1v) is 15.4. The molecule has 8 nitrogen and oxygen atoms in total. The van der Waals surface area contributed by atoms with E-state index < -0.39 is 17.9 Å². The number of fused-ring (bicyclic) bond motifs is 1. The fraction of sp³-hybridized carbons (Fsp3) is 0.343. The summed E-state index contributed by atoms with van der Waals surface area (Å²) in [6.45, 7) is 9.96. The van der Waals surface area contributed by atoms with Crippen LogP contribution in [0.3, 0.4) is 0 Å². The average molecular weight is 615 g/mol. The number of amides is 2. The highest BCUT2D eigenvalue weighted by Gasteiger charge is 2.32. The standard InChI is InChI=1S/C35H39ClN4O4/c1-7-20(2)31-25(26-14-9-15-27(32(26)36)30-17-23-11-8-12-24(23)34(38-30)44-6)13-10-16-29(31)37-33(42)28-19-40(18-21(3)41)22(4)39(5)35(28)43/h9-10,13-17,19-21,41H,4,7-8,11-12,18H2,1-3,5-6H3,(H,37,42). The number of hydrogen-bond donors (Lipinski definition) is 2. The van der Waals surface area contributed by atoms with E-state index in [0.717, 1.165) is 53.6 Å². The predicted molar refractivity (Wildman–Crippen MR) is 174 cm³/mol. The highest BCUT2D eigenvalue weighted by Crippen LogP contribution is 2.43. The number of hydrogen-bond acceptors (Lipinski definition) is 6. The van der Waals surface area contributed by atoms with Crippen LogP contribution in [0, 0.1) is 0 Å². The number of β-amino-alcohol motifs (C(OH)–C–C–N with tert-alkyl or cyclic N) is 1. The number of aliphatic hydroxyl groups is 1. The average Bonchev–Trinajstić information content (AvgIpc) is 3.49. The molecule has 2 atom stereocenters. The maximum Gasteiger partial charge on any atom is 0.266 e. The zero-order chi connectivity index (χ0) is 31.7. The van der Waals surface area contributed by atoms with Crippen LogP contribution in [0.2, 0.25) is 5.02 Å². The van der Waals surface area contributed by atoms with Gasteiger partial charge in [-0.25, -0.2) is 4.98 Å². The molecule has 2 aliphatic rings. The molecule has 1 aromatic heterocycles. The number of nitrogens with one attached hydrogen (secondary N) is 1. The number of nitrogens with zero attached hydrogens (tertiary/aromatic N) is 3. The van der Waals surface area contributed by atoms with Crippen LogP contribution in [0.15, 0.2) is 66.6 Å². The first-order chi connectivity index (χ1) is 21.0. The fourth-order valence-corrected chi connectivity index (χ4v) is 6.32. The van der Waals surface area contributed by atoms with Gasteiger partial charge in [0.25, 0.3) is 11.8 Å². The van der Waals surface area contributed by atoms with Gasteiger partial charge in [0.05, 0.1) is 23.9 Å². The number of halogens is 1. The first kappa shape index (κ1) is 31.3. The third-order valence-corrected chi connectivity index (χ3v) is 8.92. The largest absolute Gasteiger partial charge is 0.481 e. The van der Waals surface area contributed by atoms with E-state index in [1.165, 1.54) is 22.2 Å². The molecular weight excluding hydrogens is 576 g/mol. The van der Waals surface area contributed by atoms with Crippen LogP contribution in [-0.2, 0) is 22.4 Å². The van der Waals surface area contributed by atoms with Gasteiger partial charge in [-0.2, -0.15) is 0 Å². The third-order valence-electron chi connectivity index (χ3n) is 8.51. The van der Waals surface area contributed by atoms with Gasteiger partial charge < -0.3 is 20.1 Å². The molecule has 0 radical (unpaired) electrons. The van der Waals surface area contributed by atoms with Crippen molar-refractivity contribution >= 4 is 29.1 Å². The van der Waals surface area contributed by atoms with Gasteiger partial charge in [0.2, 0.25) is 5.88 Å². The molecule has 2 aromatic carbocycles. The predicted octanol–water partition coefficient (Wildman–Crippen LogP) is 6.53. The number of methoxy groups -OCH3 is 1. The summed E-state index contributed by atoms with van der Waals surface area (Å²) in [4.78, 5) is 34.5. The number of likely N-dealkylation sites (N-methyl/N-ethyl adjacent to an activating group) is 1. The Kier molecular flexibility index (Phi) is 9.13. The zero-order valence-corrected chi connectivity index (χ0v) is 26.7. The molecule has 2 N–H and O–H groups in total. The molecule has 44 heavy (non-hydrogen) atoms. The second kappa shape index (κ2) is 12.8. The van der Waals surface area contributed by atoms with Crippen LogP contribution in [-0.4, -0.2) is 58.5 Å². The van der Waals surface area contributed by atoms with Crippen LogP contribution in [0.5, 0.6) is 5.88 Å². The Morgan fingerprint density at radius 2 is 1.86 bits per heavy atom. The lowest BCUT2D eigenvalue weighted by atomic mass is 9.87. The number of ether oxygens (including phenoxy) is 1. The zero-order valence-electron chi connectivity index (χ0n) is 25.9. The molecule has 0 saturated heterocycles. The normalized spacial score (nSPS) is 16.0. The van der Waals surface area contributed by atoms with Crippen LogP contribution >= 0.6 is 11.6 Å². The Bertz CT molecular complexity index is 1660. The van der Waals surface area contributed by atoms with E-state index in [0.29, 0.717) is 22.4 Å². The van der Waals surface area contributed by atoms with Gasteiger partial charge in [-0.3, -0.25) is 14.5 Å². The molecule has 0 bridgehead atoms. The number of rotatable bonds is 9. The van der Waals surface area contributed by atoms with Gasteiger partial charge in [-0.15, -0.1) is 0 Å². The Hall–Kier alpha value is -4.14. The van der Waals surface area contributed by atoms with Crippen molar-refractivity contribution in [2.75, 3.05) is 26.0 Å². The number of aryl methyl sites for hydroxylation is 1. The van der Waals surface area contributed by atoms with Gasteiger partial charge in [0.15, 0.2) is 0 Å². The van der Waals surface area contributed by atoms with Gasteiger partial charge >= 0.3 is 0 Å². The first-order valence-electron chi connectivity index (χ1n) is 15.0. The minimum atomic E-state index is -0.684. The smallest absolute Gasteiger partial charge is 0.266 e. The molecule has 1 aliphatic heterocycles. The van der Waals surface area contributed by atoms with E-state index in [4.69, 9.17) is 21.3 Å². The lowest BCUT2D eigenvalue weighted by Crippen LogP contribution is -2.44. The molecule has 1 aliphatic carbocycles. The minimum Gasteiger partial charge on any atom is -0.481 e. The molecule has 230 valence electrons. The molecule has 0 fully saturated rings. The van der Waals surface area contributed by atoms with E-state index in [1.807, 2.05) is 36.4 Å². The maximum atomic E-state index is 13.6. The molecule has 0 saturated carbocycles. The van der Waals surface area contributed by atoms with Crippen LogP contribution in [0.4, 0.5) is 5.69 Å². The highest BCUT2D eigenvalue weighted by atomic mass is 35.5. The molecule has 9 heteroatoms. The summed E-state index contributed by atoms with van der Waals surface area (Å²) in [6.07, 6.45) is 4.61.